The molecule has 0 saturated heterocycles. The summed E-state index contributed by atoms with van der Waals surface area (Å²) < 4.78 is 18.6. The van der Waals surface area contributed by atoms with Gasteiger partial charge in [0.1, 0.15) is 5.82 Å². The Balaban J connectivity index is 1.33. The summed E-state index contributed by atoms with van der Waals surface area (Å²) in [7, 11) is 0. The molecule has 33 heavy (non-hydrogen) atoms. The number of rotatable bonds is 8. The van der Waals surface area contributed by atoms with Crippen molar-refractivity contribution in [3.63, 3.8) is 0 Å². The number of carbonyl (C=O) groups excluding carboxylic acids is 2. The molecule has 0 bridgehead atoms. The van der Waals surface area contributed by atoms with Crippen LogP contribution in [-0.4, -0.2) is 32.7 Å². The fourth-order valence-corrected chi connectivity index (χ4v) is 4.04. The van der Waals surface area contributed by atoms with Crippen LogP contribution in [0, 0.1) is 12.7 Å². The van der Waals surface area contributed by atoms with Crippen molar-refractivity contribution in [2.75, 3.05) is 16.4 Å². The van der Waals surface area contributed by atoms with Gasteiger partial charge in [0.15, 0.2) is 0 Å². The number of benzene rings is 2. The average molecular weight is 484 g/mol. The maximum atomic E-state index is 13.1. The molecule has 0 aliphatic heterocycles. The van der Waals surface area contributed by atoms with Gasteiger partial charge in [0.2, 0.25) is 11.8 Å². The van der Waals surface area contributed by atoms with E-state index in [9.17, 15) is 14.0 Å². The van der Waals surface area contributed by atoms with Crippen LogP contribution in [0.3, 0.4) is 0 Å². The average Bonchev–Trinajstić information content (AvgIpc) is 3.43. The Bertz CT molecular complexity index is 1270. The highest BCUT2D eigenvalue weighted by atomic mass is 32.2. The fraction of sp³-hybridized carbons (Fsp3) is 0.136. The molecule has 0 unspecified atom stereocenters. The molecule has 8 nitrogen and oxygen atoms in total. The number of carbonyl (C=O) groups is 2. The first-order chi connectivity index (χ1) is 16.0. The summed E-state index contributed by atoms with van der Waals surface area (Å²) >= 11 is 2.64. The van der Waals surface area contributed by atoms with Crippen molar-refractivity contribution in [3.8, 4) is 0 Å². The van der Waals surface area contributed by atoms with Gasteiger partial charge in [-0.1, -0.05) is 23.9 Å². The van der Waals surface area contributed by atoms with Gasteiger partial charge in [0.05, 0.1) is 34.1 Å². The smallest absolute Gasteiger partial charge is 0.277 e. The third-order valence-corrected chi connectivity index (χ3v) is 5.96. The molecule has 2 heterocycles. The van der Waals surface area contributed by atoms with Crippen molar-refractivity contribution in [2.45, 2.75) is 18.6 Å². The lowest BCUT2D eigenvalue weighted by Gasteiger charge is -2.11. The Morgan fingerprint density at radius 2 is 1.88 bits per heavy atom. The molecule has 168 valence electrons. The molecule has 0 fully saturated rings. The molecule has 2 aromatic heterocycles. The second-order valence-electron chi connectivity index (χ2n) is 6.84. The molecule has 2 amide bonds. The van der Waals surface area contributed by atoms with Crippen LogP contribution in [0.25, 0.3) is 0 Å². The minimum Gasteiger partial charge on any atom is -0.416 e. The van der Waals surface area contributed by atoms with E-state index >= 15 is 0 Å². The second-order valence-corrected chi connectivity index (χ2v) is 8.83. The van der Waals surface area contributed by atoms with E-state index in [-0.39, 0.29) is 22.4 Å². The number of halogens is 1. The third-order valence-electron chi connectivity index (χ3n) is 4.32. The summed E-state index contributed by atoms with van der Waals surface area (Å²) in [6.45, 7) is 1.92. The molecule has 2 N–H and O–H groups in total. The molecular weight excluding hydrogens is 465 g/mol. The largest absolute Gasteiger partial charge is 0.416 e. The van der Waals surface area contributed by atoms with Crippen LogP contribution in [0.15, 0.2) is 63.6 Å². The van der Waals surface area contributed by atoms with Crippen LogP contribution in [-0.2, 0) is 11.2 Å². The summed E-state index contributed by atoms with van der Waals surface area (Å²) in [6, 6.07) is 12.0. The number of nitrogens with zero attached hydrogens (tertiary/aromatic N) is 3. The van der Waals surface area contributed by atoms with Crippen LogP contribution in [0.4, 0.5) is 15.8 Å². The number of hydrogen-bond donors (Lipinski definition) is 2. The first kappa shape index (κ1) is 22.6. The Kier molecular flexibility index (Phi) is 7.10. The van der Waals surface area contributed by atoms with E-state index in [1.54, 1.807) is 35.6 Å². The minimum atomic E-state index is -0.427. The minimum absolute atomic E-state index is 0.0192. The number of thioether (sulfide) groups is 1. The zero-order valence-corrected chi connectivity index (χ0v) is 19.0. The number of aryl methyl sites for hydroxylation is 1. The zero-order chi connectivity index (χ0) is 23.2. The lowest BCUT2D eigenvalue weighted by atomic mass is 10.1. The van der Waals surface area contributed by atoms with Gasteiger partial charge in [-0.2, -0.15) is 0 Å². The summed E-state index contributed by atoms with van der Waals surface area (Å²) in [5.41, 5.74) is 1.93. The van der Waals surface area contributed by atoms with Gasteiger partial charge in [-0.25, -0.2) is 9.37 Å². The van der Waals surface area contributed by atoms with Crippen LogP contribution < -0.4 is 10.6 Å². The third kappa shape index (κ3) is 6.24. The predicted octanol–water partition coefficient (Wildman–Crippen LogP) is 4.55. The number of aromatic nitrogens is 3. The monoisotopic (exact) mass is 483 g/mol. The Morgan fingerprint density at radius 1 is 1.09 bits per heavy atom. The van der Waals surface area contributed by atoms with Gasteiger partial charge in [0.25, 0.3) is 11.1 Å². The van der Waals surface area contributed by atoms with Gasteiger partial charge in [-0.15, -0.1) is 21.5 Å². The van der Waals surface area contributed by atoms with Crippen molar-refractivity contribution in [1.29, 1.82) is 0 Å². The summed E-state index contributed by atoms with van der Waals surface area (Å²) in [4.78, 5) is 29.4. The SMILES string of the molecule is Cc1nc(Cc2nnc(SCC(=O)Nc3ccccc3C(=O)Nc3ccc(F)cc3)o2)cs1. The summed E-state index contributed by atoms with van der Waals surface area (Å²) in [5, 5.41) is 16.5. The van der Waals surface area contributed by atoms with Crippen LogP contribution in [0.5, 0.6) is 0 Å². The molecule has 0 aliphatic rings. The van der Waals surface area contributed by atoms with Gasteiger partial charge in [-0.3, -0.25) is 9.59 Å². The lowest BCUT2D eigenvalue weighted by Crippen LogP contribution is -2.19. The molecule has 4 aromatic rings. The lowest BCUT2D eigenvalue weighted by molar-refractivity contribution is -0.113. The van der Waals surface area contributed by atoms with Gasteiger partial charge in [-0.05, 0) is 43.3 Å². The molecular formula is C22H18FN5O3S2. The van der Waals surface area contributed by atoms with Crippen LogP contribution in [0.1, 0.15) is 27.0 Å². The molecule has 0 aliphatic carbocycles. The number of nitrogens with one attached hydrogen (secondary N) is 2. The highest BCUT2D eigenvalue weighted by molar-refractivity contribution is 7.99. The fourth-order valence-electron chi connectivity index (χ4n) is 2.85. The Hall–Kier alpha value is -3.57. The maximum absolute atomic E-state index is 13.1. The maximum Gasteiger partial charge on any atom is 0.277 e. The number of amides is 2. The van der Waals surface area contributed by atoms with Gasteiger partial charge >= 0.3 is 0 Å². The first-order valence-electron chi connectivity index (χ1n) is 9.78. The van der Waals surface area contributed by atoms with Crippen LogP contribution >= 0.6 is 23.1 Å². The molecule has 0 spiro atoms. The topological polar surface area (TPSA) is 110 Å². The standard InChI is InChI=1S/C22H18FN5O3S2/c1-13-24-16(11-32-13)10-20-27-28-22(31-20)33-12-19(29)26-18-5-3-2-4-17(18)21(30)25-15-8-6-14(23)7-9-15/h2-9,11H,10,12H2,1H3,(H,25,30)(H,26,29). The Morgan fingerprint density at radius 3 is 2.64 bits per heavy atom. The van der Waals surface area contributed by atoms with Crippen molar-refractivity contribution >= 4 is 46.3 Å². The number of anilines is 2. The van der Waals surface area contributed by atoms with E-state index in [1.807, 2.05) is 12.3 Å². The van der Waals surface area contributed by atoms with Crippen molar-refractivity contribution in [2.24, 2.45) is 0 Å². The van der Waals surface area contributed by atoms with E-state index in [4.69, 9.17) is 4.42 Å². The molecule has 0 saturated carbocycles. The molecule has 11 heteroatoms. The normalized spacial score (nSPS) is 10.7. The number of thiazole rings is 1. The van der Waals surface area contributed by atoms with Gasteiger partial charge < -0.3 is 15.1 Å². The second kappa shape index (κ2) is 10.4. The molecule has 4 rings (SSSR count). The van der Waals surface area contributed by atoms with Crippen molar-refractivity contribution in [1.82, 2.24) is 15.2 Å². The van der Waals surface area contributed by atoms with Gasteiger partial charge in [0, 0.05) is 11.1 Å². The zero-order valence-electron chi connectivity index (χ0n) is 17.4. The number of para-hydroxylation sites is 1. The van der Waals surface area contributed by atoms with E-state index < -0.39 is 11.7 Å². The highest BCUT2D eigenvalue weighted by Crippen LogP contribution is 2.21. The van der Waals surface area contributed by atoms with E-state index in [2.05, 4.69) is 25.8 Å². The van der Waals surface area contributed by atoms with Crippen LogP contribution in [0.2, 0.25) is 0 Å². The molecule has 0 atom stereocenters. The first-order valence-corrected chi connectivity index (χ1v) is 11.6. The molecule has 0 radical (unpaired) electrons. The van der Waals surface area contributed by atoms with E-state index in [0.29, 0.717) is 23.7 Å². The summed E-state index contributed by atoms with van der Waals surface area (Å²) in [6.07, 6.45) is 0.431. The van der Waals surface area contributed by atoms with E-state index in [0.717, 1.165) is 22.5 Å². The highest BCUT2D eigenvalue weighted by Gasteiger charge is 2.15. The molecule has 2 aromatic carbocycles. The van der Waals surface area contributed by atoms with E-state index in [1.165, 1.54) is 24.3 Å². The Labute approximate surface area is 196 Å². The number of hydrogen-bond acceptors (Lipinski definition) is 8. The van der Waals surface area contributed by atoms with Crippen molar-refractivity contribution < 1.29 is 18.4 Å². The quantitative estimate of drug-likeness (QED) is 0.354. The van der Waals surface area contributed by atoms with Crippen molar-refractivity contribution in [3.05, 3.63) is 81.9 Å². The summed E-state index contributed by atoms with van der Waals surface area (Å²) in [5.74, 6) is -0.720. The predicted molar refractivity (Wildman–Crippen MR) is 124 cm³/mol.